The number of oxazole rings is 1. The van der Waals surface area contributed by atoms with Gasteiger partial charge in [0.05, 0.1) is 24.1 Å². The van der Waals surface area contributed by atoms with Crippen LogP contribution >= 0.6 is 0 Å². The monoisotopic (exact) mass is 364 g/mol. The summed E-state index contributed by atoms with van der Waals surface area (Å²) in [5, 5.41) is 0. The molecule has 1 aromatic heterocycles. The highest BCUT2D eigenvalue weighted by Gasteiger charge is 2.34. The summed E-state index contributed by atoms with van der Waals surface area (Å²) in [7, 11) is 0. The average Bonchev–Trinajstić information content (AvgIpc) is 3.21. The van der Waals surface area contributed by atoms with E-state index < -0.39 is 5.97 Å². The number of benzene rings is 2. The molecule has 0 radical (unpaired) electrons. The summed E-state index contributed by atoms with van der Waals surface area (Å²) >= 11 is 0. The second-order valence-corrected chi connectivity index (χ2v) is 6.10. The molecule has 1 aliphatic heterocycles. The number of para-hydroxylation sites is 2. The summed E-state index contributed by atoms with van der Waals surface area (Å²) in [5.41, 5.74) is 2.17. The van der Waals surface area contributed by atoms with Crippen molar-refractivity contribution < 1.29 is 23.5 Å². The van der Waals surface area contributed by atoms with E-state index in [1.807, 2.05) is 24.3 Å². The second-order valence-electron chi connectivity index (χ2n) is 6.10. The molecule has 27 heavy (non-hydrogen) atoms. The van der Waals surface area contributed by atoms with E-state index in [1.54, 1.807) is 24.3 Å². The summed E-state index contributed by atoms with van der Waals surface area (Å²) in [4.78, 5) is 41.7. The van der Waals surface area contributed by atoms with Crippen molar-refractivity contribution in [1.82, 2.24) is 9.88 Å². The number of rotatable bonds is 6. The predicted molar refractivity (Wildman–Crippen MR) is 95.1 cm³/mol. The van der Waals surface area contributed by atoms with Crippen LogP contribution in [0.2, 0.25) is 0 Å². The van der Waals surface area contributed by atoms with Crippen molar-refractivity contribution >= 4 is 28.9 Å². The summed E-state index contributed by atoms with van der Waals surface area (Å²) < 4.78 is 10.7. The van der Waals surface area contributed by atoms with Crippen LogP contribution < -0.4 is 0 Å². The van der Waals surface area contributed by atoms with Crippen molar-refractivity contribution in [2.45, 2.75) is 12.8 Å². The van der Waals surface area contributed by atoms with Gasteiger partial charge in [0.15, 0.2) is 11.5 Å². The summed E-state index contributed by atoms with van der Waals surface area (Å²) in [6, 6.07) is 14.0. The molecule has 0 N–H and O–H groups in total. The molecule has 0 unspecified atom stereocenters. The third-order valence-electron chi connectivity index (χ3n) is 4.34. The molecule has 0 atom stereocenters. The maximum absolute atomic E-state index is 12.2. The van der Waals surface area contributed by atoms with Gasteiger partial charge < -0.3 is 9.15 Å². The Morgan fingerprint density at radius 1 is 1.00 bits per heavy atom. The van der Waals surface area contributed by atoms with E-state index >= 15 is 0 Å². The van der Waals surface area contributed by atoms with E-state index in [-0.39, 0.29) is 31.4 Å². The van der Waals surface area contributed by atoms with E-state index in [0.29, 0.717) is 29.0 Å². The first kappa shape index (κ1) is 17.0. The lowest BCUT2D eigenvalue weighted by atomic mass is 10.1. The Kier molecular flexibility index (Phi) is 4.42. The Morgan fingerprint density at radius 2 is 1.67 bits per heavy atom. The van der Waals surface area contributed by atoms with Gasteiger partial charge in [-0.25, -0.2) is 4.98 Å². The Hall–Kier alpha value is -3.48. The van der Waals surface area contributed by atoms with Gasteiger partial charge in [-0.05, 0) is 24.3 Å². The fraction of sp³-hybridized carbons (Fsp3) is 0.200. The van der Waals surface area contributed by atoms with Crippen molar-refractivity contribution in [3.05, 3.63) is 65.5 Å². The summed E-state index contributed by atoms with van der Waals surface area (Å²) in [6.07, 6.45) is 0.426. The zero-order valence-corrected chi connectivity index (χ0v) is 14.4. The van der Waals surface area contributed by atoms with Gasteiger partial charge in [-0.1, -0.05) is 24.3 Å². The molecule has 0 bridgehead atoms. The van der Waals surface area contributed by atoms with E-state index in [2.05, 4.69) is 4.98 Å². The summed E-state index contributed by atoms with van der Waals surface area (Å²) in [6.45, 7) is -0.0150. The van der Waals surface area contributed by atoms with Gasteiger partial charge >= 0.3 is 5.97 Å². The van der Waals surface area contributed by atoms with Crippen LogP contribution in [0.25, 0.3) is 11.1 Å². The third-order valence-corrected chi connectivity index (χ3v) is 4.34. The predicted octanol–water partition coefficient (Wildman–Crippen LogP) is 2.60. The molecule has 0 fully saturated rings. The zero-order chi connectivity index (χ0) is 18.8. The molecule has 0 saturated carbocycles. The SMILES string of the molecule is O=C(CCc1nc2ccccc2o1)OCCN1C(=O)c2ccccc2C1=O. The van der Waals surface area contributed by atoms with Crippen molar-refractivity contribution in [3.8, 4) is 0 Å². The number of nitrogens with zero attached hydrogens (tertiary/aromatic N) is 2. The van der Waals surface area contributed by atoms with Gasteiger partial charge in [0.1, 0.15) is 12.1 Å². The molecule has 2 heterocycles. The summed E-state index contributed by atoms with van der Waals surface area (Å²) in [5.74, 6) is -0.696. The molecule has 136 valence electrons. The number of aromatic nitrogens is 1. The molecule has 0 saturated heterocycles. The Balaban J connectivity index is 1.26. The lowest BCUT2D eigenvalue weighted by Gasteiger charge is -2.13. The number of fused-ring (bicyclic) bond motifs is 2. The molecule has 2 aromatic carbocycles. The number of imide groups is 1. The number of carbonyl (C=O) groups excluding carboxylic acids is 3. The van der Waals surface area contributed by atoms with Crippen LogP contribution in [-0.2, 0) is 16.0 Å². The molecule has 4 rings (SSSR count). The number of ether oxygens (including phenoxy) is 1. The van der Waals surface area contributed by atoms with Crippen LogP contribution in [0.3, 0.4) is 0 Å². The van der Waals surface area contributed by atoms with E-state index in [0.717, 1.165) is 10.4 Å². The van der Waals surface area contributed by atoms with Crippen LogP contribution in [0, 0.1) is 0 Å². The highest BCUT2D eigenvalue weighted by Crippen LogP contribution is 2.22. The van der Waals surface area contributed by atoms with Gasteiger partial charge in [0, 0.05) is 6.42 Å². The second kappa shape index (κ2) is 7.03. The quantitative estimate of drug-likeness (QED) is 0.493. The molecular weight excluding hydrogens is 348 g/mol. The Morgan fingerprint density at radius 3 is 2.37 bits per heavy atom. The highest BCUT2D eigenvalue weighted by atomic mass is 16.5. The Labute approximate surface area is 154 Å². The molecule has 3 aromatic rings. The maximum atomic E-state index is 12.2. The molecule has 7 heteroatoms. The first-order valence-corrected chi connectivity index (χ1v) is 8.59. The van der Waals surface area contributed by atoms with Crippen LogP contribution in [0.5, 0.6) is 0 Å². The number of esters is 1. The standard InChI is InChI=1S/C20H16N2O5/c23-18(10-9-17-21-15-7-3-4-8-16(15)27-17)26-12-11-22-19(24)13-5-1-2-6-14(13)20(22)25/h1-8H,9-12H2. The van der Waals surface area contributed by atoms with Crippen molar-refractivity contribution in [2.75, 3.05) is 13.2 Å². The lowest BCUT2D eigenvalue weighted by molar-refractivity contribution is -0.143. The molecular formula is C20H16N2O5. The minimum atomic E-state index is -0.436. The van der Waals surface area contributed by atoms with Gasteiger partial charge in [-0.15, -0.1) is 0 Å². The molecule has 7 nitrogen and oxygen atoms in total. The Bertz CT molecular complexity index is 972. The number of amides is 2. The largest absolute Gasteiger partial charge is 0.464 e. The van der Waals surface area contributed by atoms with E-state index in [4.69, 9.17) is 9.15 Å². The minimum absolute atomic E-state index is 0.0287. The maximum Gasteiger partial charge on any atom is 0.306 e. The van der Waals surface area contributed by atoms with Crippen molar-refractivity contribution in [1.29, 1.82) is 0 Å². The first-order valence-electron chi connectivity index (χ1n) is 8.59. The normalized spacial score (nSPS) is 13.3. The van der Waals surface area contributed by atoms with Gasteiger partial charge in [-0.3, -0.25) is 19.3 Å². The number of aryl methyl sites for hydroxylation is 1. The average molecular weight is 364 g/mol. The highest BCUT2D eigenvalue weighted by molar-refractivity contribution is 6.21. The smallest absolute Gasteiger partial charge is 0.306 e. The molecule has 0 spiro atoms. The number of hydrogen-bond donors (Lipinski definition) is 0. The van der Waals surface area contributed by atoms with Crippen LogP contribution in [0.1, 0.15) is 33.0 Å². The van der Waals surface area contributed by atoms with Crippen LogP contribution in [-0.4, -0.2) is 40.8 Å². The number of carbonyl (C=O) groups is 3. The van der Waals surface area contributed by atoms with Gasteiger partial charge in [0.2, 0.25) is 0 Å². The van der Waals surface area contributed by atoms with Gasteiger partial charge in [0.25, 0.3) is 11.8 Å². The van der Waals surface area contributed by atoms with Crippen LogP contribution in [0.15, 0.2) is 52.9 Å². The topological polar surface area (TPSA) is 89.7 Å². The number of hydrogen-bond acceptors (Lipinski definition) is 6. The zero-order valence-electron chi connectivity index (χ0n) is 14.4. The molecule has 2 amide bonds. The lowest BCUT2D eigenvalue weighted by Crippen LogP contribution is -2.33. The first-order chi connectivity index (χ1) is 13.1. The van der Waals surface area contributed by atoms with Crippen molar-refractivity contribution in [3.63, 3.8) is 0 Å². The fourth-order valence-corrected chi connectivity index (χ4v) is 3.00. The third kappa shape index (κ3) is 3.31. The van der Waals surface area contributed by atoms with E-state index in [1.165, 1.54) is 0 Å². The van der Waals surface area contributed by atoms with Crippen LogP contribution in [0.4, 0.5) is 0 Å². The minimum Gasteiger partial charge on any atom is -0.464 e. The molecule has 0 aliphatic carbocycles. The van der Waals surface area contributed by atoms with Gasteiger partial charge in [-0.2, -0.15) is 0 Å². The van der Waals surface area contributed by atoms with Crippen molar-refractivity contribution in [2.24, 2.45) is 0 Å². The molecule has 1 aliphatic rings. The fourth-order valence-electron chi connectivity index (χ4n) is 3.00. The van der Waals surface area contributed by atoms with E-state index in [9.17, 15) is 14.4 Å².